The first-order valence-corrected chi connectivity index (χ1v) is 9.98. The zero-order chi connectivity index (χ0) is 22.6. The number of fused-ring (bicyclic) bond motifs is 1. The van der Waals surface area contributed by atoms with Crippen molar-refractivity contribution >= 4 is 17.7 Å². The predicted octanol–water partition coefficient (Wildman–Crippen LogP) is 3.33. The summed E-state index contributed by atoms with van der Waals surface area (Å²) < 4.78 is 39.5. The Kier molecular flexibility index (Phi) is 4.94. The van der Waals surface area contributed by atoms with E-state index in [1.165, 1.54) is 19.9 Å². The highest BCUT2D eigenvalue weighted by molar-refractivity contribution is 6.11. The van der Waals surface area contributed by atoms with Crippen molar-refractivity contribution in [1.29, 1.82) is 0 Å². The van der Waals surface area contributed by atoms with Crippen molar-refractivity contribution < 1.29 is 27.6 Å². The van der Waals surface area contributed by atoms with Crippen molar-refractivity contribution in [2.45, 2.75) is 51.4 Å². The third-order valence-corrected chi connectivity index (χ3v) is 6.19. The third kappa shape index (κ3) is 3.73. The number of carbonyl (C=O) groups is 3. The van der Waals surface area contributed by atoms with E-state index in [-0.39, 0.29) is 17.0 Å². The summed E-state index contributed by atoms with van der Waals surface area (Å²) in [4.78, 5) is 39.4. The van der Waals surface area contributed by atoms with E-state index in [1.54, 1.807) is 0 Å². The van der Waals surface area contributed by atoms with Crippen LogP contribution < -0.4 is 5.32 Å². The zero-order valence-corrected chi connectivity index (χ0v) is 17.2. The minimum Gasteiger partial charge on any atom is -0.339 e. The number of nitrogens with one attached hydrogen (secondary N) is 1. The van der Waals surface area contributed by atoms with Gasteiger partial charge >= 0.3 is 12.2 Å². The molecule has 1 saturated heterocycles. The number of aromatic nitrogens is 1. The van der Waals surface area contributed by atoms with Crippen LogP contribution in [0.1, 0.15) is 39.3 Å². The molecule has 0 saturated carbocycles. The highest BCUT2D eigenvalue weighted by Crippen LogP contribution is 2.34. The van der Waals surface area contributed by atoms with Gasteiger partial charge in [-0.2, -0.15) is 13.2 Å². The third-order valence-electron chi connectivity index (χ3n) is 6.19. The molecule has 164 valence electrons. The number of hydrogen-bond donors (Lipinski definition) is 1. The van der Waals surface area contributed by atoms with Crippen molar-refractivity contribution in [3.63, 3.8) is 0 Å². The number of alkyl halides is 3. The van der Waals surface area contributed by atoms with Crippen molar-refractivity contribution in [3.8, 4) is 0 Å². The van der Waals surface area contributed by atoms with Crippen LogP contribution in [0.25, 0.3) is 0 Å². The molecular weight excluding hydrogens is 411 g/mol. The number of aryl methyl sites for hydroxylation is 2. The summed E-state index contributed by atoms with van der Waals surface area (Å²) in [5.41, 5.74) is 1.55. The lowest BCUT2D eigenvalue weighted by Gasteiger charge is -2.32. The number of halogens is 3. The fourth-order valence-corrected chi connectivity index (χ4v) is 4.58. The van der Waals surface area contributed by atoms with Gasteiger partial charge in [-0.3, -0.25) is 14.5 Å². The first-order valence-electron chi connectivity index (χ1n) is 9.98. The molecule has 1 N–H and O–H groups in total. The van der Waals surface area contributed by atoms with E-state index >= 15 is 0 Å². The molecule has 2 heterocycles. The molecule has 0 unspecified atom stereocenters. The first kappa shape index (κ1) is 21.1. The van der Waals surface area contributed by atoms with Crippen LogP contribution in [-0.2, 0) is 24.2 Å². The summed E-state index contributed by atoms with van der Waals surface area (Å²) in [5, 5.41) is 2.76. The lowest BCUT2D eigenvalue weighted by atomic mass is 9.78. The van der Waals surface area contributed by atoms with Gasteiger partial charge in [0.05, 0.1) is 6.54 Å². The van der Waals surface area contributed by atoms with Crippen molar-refractivity contribution in [1.82, 2.24) is 14.8 Å². The van der Waals surface area contributed by atoms with Gasteiger partial charge in [0, 0.05) is 23.4 Å². The minimum atomic E-state index is -4.43. The number of amides is 3. The SMILES string of the molecule is Cc1cc(C(=O)CN2C(=O)N[C@]3(CCc4ccccc4C3)C2=O)c(C)n1CC(F)(F)F. The molecule has 6 nitrogen and oxygen atoms in total. The second kappa shape index (κ2) is 7.25. The Balaban J connectivity index is 1.54. The summed E-state index contributed by atoms with van der Waals surface area (Å²) in [6.07, 6.45) is -3.02. The fraction of sp³-hybridized carbons (Fsp3) is 0.409. The Bertz CT molecular complexity index is 1090. The number of urea groups is 1. The van der Waals surface area contributed by atoms with Crippen molar-refractivity contribution in [3.05, 3.63) is 58.4 Å². The molecule has 2 aliphatic rings. The van der Waals surface area contributed by atoms with Gasteiger partial charge in [0.2, 0.25) is 0 Å². The molecule has 1 aromatic heterocycles. The predicted molar refractivity (Wildman–Crippen MR) is 106 cm³/mol. The second-order valence-corrected chi connectivity index (χ2v) is 8.26. The average Bonchev–Trinajstić information content (AvgIpc) is 3.09. The maximum Gasteiger partial charge on any atom is 0.406 e. The highest BCUT2D eigenvalue weighted by Gasteiger charge is 2.52. The van der Waals surface area contributed by atoms with E-state index in [1.807, 2.05) is 24.3 Å². The molecule has 0 radical (unpaired) electrons. The summed E-state index contributed by atoms with van der Waals surface area (Å²) >= 11 is 0. The number of rotatable bonds is 4. The molecule has 9 heteroatoms. The molecule has 0 bridgehead atoms. The molecule has 1 fully saturated rings. The average molecular weight is 433 g/mol. The van der Waals surface area contributed by atoms with Crippen LogP contribution in [0, 0.1) is 13.8 Å². The van der Waals surface area contributed by atoms with Gasteiger partial charge in [-0.25, -0.2) is 4.79 Å². The Labute approximate surface area is 177 Å². The van der Waals surface area contributed by atoms with Crippen LogP contribution in [-0.4, -0.2) is 45.4 Å². The Morgan fingerprint density at radius 2 is 1.84 bits per heavy atom. The Hall–Kier alpha value is -3.10. The quantitative estimate of drug-likeness (QED) is 0.594. The molecule has 2 aromatic rings. The normalized spacial score (nSPS) is 20.9. The molecule has 1 atom stereocenters. The first-order chi connectivity index (χ1) is 14.5. The largest absolute Gasteiger partial charge is 0.406 e. The second-order valence-electron chi connectivity index (χ2n) is 8.26. The van der Waals surface area contributed by atoms with Crippen LogP contribution in [0.5, 0.6) is 0 Å². The van der Waals surface area contributed by atoms with Crippen molar-refractivity contribution in [2.24, 2.45) is 0 Å². The molecule has 1 aliphatic heterocycles. The molecule has 1 aliphatic carbocycles. The van der Waals surface area contributed by atoms with E-state index in [0.29, 0.717) is 19.3 Å². The van der Waals surface area contributed by atoms with E-state index < -0.39 is 42.5 Å². The lowest BCUT2D eigenvalue weighted by molar-refractivity contribution is -0.141. The van der Waals surface area contributed by atoms with Gasteiger partial charge in [-0.1, -0.05) is 24.3 Å². The maximum atomic E-state index is 13.2. The van der Waals surface area contributed by atoms with E-state index in [9.17, 15) is 27.6 Å². The van der Waals surface area contributed by atoms with Gasteiger partial charge in [-0.15, -0.1) is 0 Å². The number of carbonyl (C=O) groups excluding carboxylic acids is 3. The van der Waals surface area contributed by atoms with Crippen LogP contribution in [0.2, 0.25) is 0 Å². The number of imide groups is 1. The van der Waals surface area contributed by atoms with E-state index in [2.05, 4.69) is 5.32 Å². The molecule has 1 aromatic carbocycles. The van der Waals surface area contributed by atoms with Gasteiger partial charge < -0.3 is 9.88 Å². The summed E-state index contributed by atoms with van der Waals surface area (Å²) in [6, 6.07) is 8.42. The lowest BCUT2D eigenvalue weighted by Crippen LogP contribution is -2.51. The van der Waals surface area contributed by atoms with Crippen LogP contribution in [0.4, 0.5) is 18.0 Å². The van der Waals surface area contributed by atoms with Crippen LogP contribution >= 0.6 is 0 Å². The smallest absolute Gasteiger partial charge is 0.339 e. The zero-order valence-electron chi connectivity index (χ0n) is 17.2. The number of ketones is 1. The number of nitrogens with zero attached hydrogens (tertiary/aromatic N) is 2. The van der Waals surface area contributed by atoms with Gasteiger partial charge in [-0.05, 0) is 43.9 Å². The molecule has 3 amide bonds. The molecule has 1 spiro atoms. The summed E-state index contributed by atoms with van der Waals surface area (Å²) in [6.45, 7) is 1.20. The highest BCUT2D eigenvalue weighted by atomic mass is 19.4. The number of Topliss-reactive ketones (excluding diaryl/α,β-unsaturated/α-hetero) is 1. The summed E-state index contributed by atoms with van der Waals surface area (Å²) in [5.74, 6) is -1.04. The van der Waals surface area contributed by atoms with Gasteiger partial charge in [0.15, 0.2) is 5.78 Å². The van der Waals surface area contributed by atoms with Gasteiger partial charge in [0.25, 0.3) is 5.91 Å². The minimum absolute atomic E-state index is 0.0808. The standard InChI is InChI=1S/C22H22F3N3O3/c1-13-9-17(14(2)28(13)12-22(23,24)25)18(29)11-27-19(30)21(26-20(27)31)8-7-15-5-3-4-6-16(15)10-21/h3-6,9H,7-8,10-12H2,1-2H3,(H,26,31)/t21-/m0/s1. The Morgan fingerprint density at radius 1 is 1.16 bits per heavy atom. The maximum absolute atomic E-state index is 13.2. The van der Waals surface area contributed by atoms with Gasteiger partial charge in [0.1, 0.15) is 12.1 Å². The van der Waals surface area contributed by atoms with Crippen LogP contribution in [0.15, 0.2) is 30.3 Å². The fourth-order valence-electron chi connectivity index (χ4n) is 4.58. The van der Waals surface area contributed by atoms with Crippen LogP contribution in [0.3, 0.4) is 0 Å². The monoisotopic (exact) mass is 433 g/mol. The molecule has 4 rings (SSSR count). The van der Waals surface area contributed by atoms with E-state index in [4.69, 9.17) is 0 Å². The topological polar surface area (TPSA) is 71.4 Å². The molecular formula is C22H22F3N3O3. The van der Waals surface area contributed by atoms with E-state index in [0.717, 1.165) is 20.6 Å². The van der Waals surface area contributed by atoms with Crippen molar-refractivity contribution in [2.75, 3.05) is 6.54 Å². The summed E-state index contributed by atoms with van der Waals surface area (Å²) in [7, 11) is 0. The number of hydrogen-bond acceptors (Lipinski definition) is 3. The number of benzene rings is 1. The Morgan fingerprint density at radius 3 is 2.52 bits per heavy atom. The molecule has 31 heavy (non-hydrogen) atoms.